The third-order valence-corrected chi connectivity index (χ3v) is 8.29. The van der Waals surface area contributed by atoms with Crippen LogP contribution in [-0.4, -0.2) is 114 Å². The normalized spacial score (nSPS) is 29.9. The van der Waals surface area contributed by atoms with Gasteiger partial charge in [-0.25, -0.2) is 14.5 Å². The number of aromatic nitrogens is 8. The number of phosphoric ester groups is 1. The number of hydrogen-bond donors (Lipinski definition) is 8. The molecule has 2 saturated heterocycles. The summed E-state index contributed by atoms with van der Waals surface area (Å²) in [6.45, 7) is -0.874. The lowest BCUT2D eigenvalue weighted by Gasteiger charge is -2.24. The number of hydrogen-bond acceptors (Lipinski definition) is 18. The number of nitrogens with one attached hydrogen (secondary N) is 1. The van der Waals surface area contributed by atoms with E-state index < -0.39 is 89.7 Å². The minimum Gasteiger partial charge on any atom is -0.387 e. The predicted molar refractivity (Wildman–Crippen MR) is 145 cm³/mol. The first-order valence-corrected chi connectivity index (χ1v) is 15.8. The number of aromatic amines is 1. The Kier molecular flexibility index (Phi) is 8.56. The number of phosphoric acid groups is 1. The van der Waals surface area contributed by atoms with Crippen LogP contribution in [0, 0.1) is 6.08 Å². The topological polar surface area (TPSA) is 341 Å². The Morgan fingerprint density at radius 2 is 1.70 bits per heavy atom. The maximum atomic E-state index is 13.8. The first-order valence-electron chi connectivity index (χ1n) is 12.9. The first-order chi connectivity index (χ1) is 21.7. The number of ether oxygens (including phenoxy) is 3. The van der Waals surface area contributed by atoms with Crippen molar-refractivity contribution in [1.29, 1.82) is 0 Å². The van der Waals surface area contributed by atoms with Gasteiger partial charge in [0.2, 0.25) is 5.95 Å². The van der Waals surface area contributed by atoms with Crippen LogP contribution < -0.4 is 17.0 Å². The van der Waals surface area contributed by atoms with Crippen LogP contribution in [-0.2, 0) is 32.4 Å². The van der Waals surface area contributed by atoms with E-state index in [2.05, 4.69) is 29.9 Å². The van der Waals surface area contributed by atoms with Gasteiger partial charge in [-0.05, 0) is 4.57 Å². The van der Waals surface area contributed by atoms with E-state index in [1.807, 2.05) is 0 Å². The summed E-state index contributed by atoms with van der Waals surface area (Å²) in [6.07, 6.45) is -13.2. The third-order valence-electron chi connectivity index (χ3n) is 6.93. The number of halogens is 1. The molecule has 4 aromatic heterocycles. The average molecular weight is 693 g/mol. The SMILES string of the molecule is Nc1nc2c(ncn2[C@@H]2O[C@H](OC[P+](=O)O)[C@H](O)[C@@H]2OP(=O)(O)OC[C@H]2O[C@@H](n3cnc4c(N)nc(F)nc43)C(O)[C@H]2O)c(=O)[nH]1. The number of H-pyrrole nitrogens is 1. The molecule has 26 heteroatoms. The molecule has 2 aliphatic rings. The third kappa shape index (κ3) is 5.97. The van der Waals surface area contributed by atoms with Crippen molar-refractivity contribution in [2.45, 2.75) is 49.3 Å². The summed E-state index contributed by atoms with van der Waals surface area (Å²) in [5, 5.41) is 32.0. The molecule has 0 bridgehead atoms. The van der Waals surface area contributed by atoms with Crippen LogP contribution in [0.1, 0.15) is 12.5 Å². The van der Waals surface area contributed by atoms with E-state index in [-0.39, 0.29) is 34.1 Å². The van der Waals surface area contributed by atoms with Gasteiger partial charge < -0.3 is 45.9 Å². The van der Waals surface area contributed by atoms with Gasteiger partial charge in [-0.15, -0.1) is 0 Å². The van der Waals surface area contributed by atoms with Crippen molar-refractivity contribution >= 4 is 49.9 Å². The molecule has 3 unspecified atom stereocenters. The number of imidazole rings is 2. The van der Waals surface area contributed by atoms with Crippen molar-refractivity contribution < 1.29 is 61.9 Å². The Bertz CT molecular complexity index is 1910. The van der Waals surface area contributed by atoms with Gasteiger partial charge in [0.05, 0.1) is 19.3 Å². The van der Waals surface area contributed by atoms with Gasteiger partial charge in [-0.2, -0.15) is 24.2 Å². The van der Waals surface area contributed by atoms with Crippen molar-refractivity contribution in [3.63, 3.8) is 0 Å². The summed E-state index contributed by atoms with van der Waals surface area (Å²) in [7, 11) is -8.07. The highest BCUT2D eigenvalue weighted by Crippen LogP contribution is 2.50. The molecule has 4 aromatic rings. The Labute approximate surface area is 254 Å². The van der Waals surface area contributed by atoms with E-state index in [4.69, 9.17) is 39.6 Å². The zero-order valence-corrected chi connectivity index (χ0v) is 24.5. The zero-order valence-electron chi connectivity index (χ0n) is 22.7. The number of nitrogens with zero attached hydrogens (tertiary/aromatic N) is 7. The van der Waals surface area contributed by atoms with E-state index in [0.29, 0.717) is 0 Å². The summed E-state index contributed by atoms with van der Waals surface area (Å²) in [6, 6.07) is 0. The molecule has 248 valence electrons. The Morgan fingerprint density at radius 1 is 1.02 bits per heavy atom. The maximum absolute atomic E-state index is 13.8. The predicted octanol–water partition coefficient (Wildman–Crippen LogP) is -2.69. The minimum atomic E-state index is -5.22. The van der Waals surface area contributed by atoms with Gasteiger partial charge in [-0.3, -0.25) is 28.0 Å². The van der Waals surface area contributed by atoms with Gasteiger partial charge in [0.15, 0.2) is 46.9 Å². The van der Waals surface area contributed by atoms with Crippen LogP contribution >= 0.6 is 15.9 Å². The Hall–Kier alpha value is -3.64. The molecule has 0 amide bonds. The molecule has 0 aliphatic carbocycles. The van der Waals surface area contributed by atoms with Gasteiger partial charge >= 0.3 is 21.9 Å². The summed E-state index contributed by atoms with van der Waals surface area (Å²) in [4.78, 5) is 52.9. The van der Waals surface area contributed by atoms with Gasteiger partial charge in [0.25, 0.3) is 11.9 Å². The van der Waals surface area contributed by atoms with Crippen molar-refractivity contribution in [2.24, 2.45) is 0 Å². The number of nitrogen functional groups attached to an aromatic ring is 2. The molecule has 23 nitrogen and oxygen atoms in total. The summed E-state index contributed by atoms with van der Waals surface area (Å²) in [5.41, 5.74) is 9.94. The molecule has 2 fully saturated rings. The standard InChI is InChI=1S/C20H23FN10O13P2/c21-19-26-12(22)6-13(27-19)30(2-24-6)16-9(33)8(32)5(42-16)1-41-46(38,39)44-11-10(34)18(40-4-45(36)37)43-17(11)31-3-25-7-14(31)28-20(23)29-15(7)35/h2-3,5,8-11,16-18,32-34H,1,4H2,(H6-,22,23,26,27,28,29,35,36,37,38,39)/p+1/t5-,8+,9?,10-,11+,16-,17-,18+/m1/s1. The molecular weight excluding hydrogens is 669 g/mol. The van der Waals surface area contributed by atoms with E-state index >= 15 is 0 Å². The number of rotatable bonds is 10. The molecule has 6 rings (SSSR count). The summed E-state index contributed by atoms with van der Waals surface area (Å²) >= 11 is 0. The molecule has 2 aliphatic heterocycles. The van der Waals surface area contributed by atoms with Crippen molar-refractivity contribution in [2.75, 3.05) is 24.4 Å². The summed E-state index contributed by atoms with van der Waals surface area (Å²) < 4.78 is 66.7. The lowest BCUT2D eigenvalue weighted by atomic mass is 10.1. The summed E-state index contributed by atoms with van der Waals surface area (Å²) in [5.74, 6) is -0.617. The van der Waals surface area contributed by atoms with E-state index in [9.17, 15) is 38.5 Å². The zero-order chi connectivity index (χ0) is 33.1. The van der Waals surface area contributed by atoms with Crippen LogP contribution in [0.4, 0.5) is 16.2 Å². The average Bonchev–Trinajstić information content (AvgIpc) is 3.72. The largest absolute Gasteiger partial charge is 0.534 e. The van der Waals surface area contributed by atoms with Crippen molar-refractivity contribution in [3.8, 4) is 0 Å². The maximum Gasteiger partial charge on any atom is 0.534 e. The smallest absolute Gasteiger partial charge is 0.387 e. The number of nitrogens with two attached hydrogens (primary N) is 2. The number of aliphatic hydroxyl groups excluding tert-OH is 3. The molecule has 10 N–H and O–H groups in total. The highest BCUT2D eigenvalue weighted by Gasteiger charge is 2.52. The lowest BCUT2D eigenvalue weighted by molar-refractivity contribution is -0.166. The molecule has 0 spiro atoms. The van der Waals surface area contributed by atoms with Gasteiger partial charge in [0, 0.05) is 0 Å². The van der Waals surface area contributed by atoms with Crippen LogP contribution in [0.2, 0.25) is 0 Å². The molecule has 0 aromatic carbocycles. The molecule has 0 saturated carbocycles. The fourth-order valence-electron chi connectivity index (χ4n) is 4.91. The second-order valence-electron chi connectivity index (χ2n) is 9.89. The minimum absolute atomic E-state index is 0.0205. The molecule has 46 heavy (non-hydrogen) atoms. The van der Waals surface area contributed by atoms with Crippen LogP contribution in [0.3, 0.4) is 0 Å². The quantitative estimate of drug-likeness (QED) is 0.0619. The fraction of sp³-hybridized carbons (Fsp3) is 0.500. The van der Waals surface area contributed by atoms with Crippen LogP contribution in [0.15, 0.2) is 17.4 Å². The second kappa shape index (κ2) is 12.2. The number of fused-ring (bicyclic) bond motifs is 2. The van der Waals surface area contributed by atoms with E-state index in [0.717, 1.165) is 21.8 Å². The van der Waals surface area contributed by atoms with Crippen molar-refractivity contribution in [3.05, 3.63) is 29.1 Å². The Balaban J connectivity index is 1.20. The van der Waals surface area contributed by atoms with Gasteiger partial charge in [-0.1, -0.05) is 0 Å². The molecule has 10 atom stereocenters. The second-order valence-corrected chi connectivity index (χ2v) is 12.3. The fourth-order valence-corrected chi connectivity index (χ4v) is 6.11. The van der Waals surface area contributed by atoms with Crippen LogP contribution in [0.25, 0.3) is 22.3 Å². The first kappa shape index (κ1) is 32.3. The highest BCUT2D eigenvalue weighted by atomic mass is 31.2. The number of aliphatic hydroxyl groups is 3. The van der Waals surface area contributed by atoms with E-state index in [1.54, 1.807) is 0 Å². The van der Waals surface area contributed by atoms with E-state index in [1.165, 1.54) is 0 Å². The monoisotopic (exact) mass is 693 g/mol. The van der Waals surface area contributed by atoms with Crippen molar-refractivity contribution in [1.82, 2.24) is 39.0 Å². The highest BCUT2D eigenvalue weighted by molar-refractivity contribution is 7.47. The molecule has 0 radical (unpaired) electrons. The molecule has 6 heterocycles. The van der Waals surface area contributed by atoms with Crippen LogP contribution in [0.5, 0.6) is 0 Å². The Morgan fingerprint density at radius 3 is 2.41 bits per heavy atom. The number of anilines is 2. The lowest BCUT2D eigenvalue weighted by Crippen LogP contribution is -2.36. The van der Waals surface area contributed by atoms with Gasteiger partial charge in [0.1, 0.15) is 30.5 Å². The molecular formula is C20H24FN10O13P2+.